The molecule has 0 aromatic heterocycles. The summed E-state index contributed by atoms with van der Waals surface area (Å²) in [5.41, 5.74) is 1.59. The highest BCUT2D eigenvalue weighted by atomic mass is 35.5. The zero-order chi connectivity index (χ0) is 15.9. The number of carbonyl (C=O) groups excluding carboxylic acids is 1. The van der Waals surface area contributed by atoms with Gasteiger partial charge in [0.15, 0.2) is 0 Å². The van der Waals surface area contributed by atoms with Crippen LogP contribution in [0.3, 0.4) is 0 Å². The zero-order valence-electron chi connectivity index (χ0n) is 13.5. The number of ether oxygens (including phenoxy) is 1. The van der Waals surface area contributed by atoms with Crippen molar-refractivity contribution < 1.29 is 9.53 Å². The van der Waals surface area contributed by atoms with Crippen molar-refractivity contribution in [3.8, 4) is 5.75 Å². The number of hydrogen-bond donors (Lipinski definition) is 2. The normalized spacial score (nSPS) is 16.8. The molecule has 0 aliphatic carbocycles. The lowest BCUT2D eigenvalue weighted by Crippen LogP contribution is -2.45. The Morgan fingerprint density at radius 2 is 1.88 bits per heavy atom. The molecule has 128 valence electrons. The lowest BCUT2D eigenvalue weighted by Gasteiger charge is -2.24. The fraction of sp³-hybridized carbons (Fsp3) is 0.316. The van der Waals surface area contributed by atoms with E-state index in [1.807, 2.05) is 54.6 Å². The van der Waals surface area contributed by atoms with Crippen molar-refractivity contribution in [1.82, 2.24) is 10.6 Å². The average Bonchev–Trinajstić information content (AvgIpc) is 2.62. The maximum absolute atomic E-state index is 12.6. The molecule has 1 fully saturated rings. The van der Waals surface area contributed by atoms with E-state index in [1.54, 1.807) is 0 Å². The molecule has 1 unspecified atom stereocenters. The van der Waals surface area contributed by atoms with Crippen molar-refractivity contribution in [3.63, 3.8) is 0 Å². The molecule has 1 saturated heterocycles. The van der Waals surface area contributed by atoms with Gasteiger partial charge >= 0.3 is 0 Å². The van der Waals surface area contributed by atoms with Gasteiger partial charge in [-0.3, -0.25) is 4.79 Å². The van der Waals surface area contributed by atoms with Crippen LogP contribution in [0.2, 0.25) is 0 Å². The quantitative estimate of drug-likeness (QED) is 0.874. The van der Waals surface area contributed by atoms with Crippen molar-refractivity contribution in [1.29, 1.82) is 0 Å². The third-order valence-electron chi connectivity index (χ3n) is 4.03. The van der Waals surface area contributed by atoms with Crippen molar-refractivity contribution in [2.24, 2.45) is 0 Å². The van der Waals surface area contributed by atoms with E-state index in [4.69, 9.17) is 4.74 Å². The number of carbonyl (C=O) groups is 1. The van der Waals surface area contributed by atoms with Crippen molar-refractivity contribution in [3.05, 3.63) is 65.7 Å². The standard InChI is InChI=1S/C19H22N2O2.ClH/c22-19(21-16-8-6-12-20-13-16)18-11-5-4-7-15(18)14-23-17-9-2-1-3-10-17;/h1-5,7,9-11,16,20H,6,8,12-14H2,(H,21,22);1H. The van der Waals surface area contributed by atoms with Crippen molar-refractivity contribution in [2.75, 3.05) is 13.1 Å². The van der Waals surface area contributed by atoms with E-state index in [-0.39, 0.29) is 24.4 Å². The Morgan fingerprint density at radius 1 is 1.12 bits per heavy atom. The summed E-state index contributed by atoms with van der Waals surface area (Å²) < 4.78 is 5.78. The Kier molecular flexibility index (Phi) is 7.09. The number of nitrogens with one attached hydrogen (secondary N) is 2. The van der Waals surface area contributed by atoms with Gasteiger partial charge in [0, 0.05) is 23.7 Å². The summed E-state index contributed by atoms with van der Waals surface area (Å²) in [6.45, 7) is 2.26. The van der Waals surface area contributed by atoms with E-state index in [2.05, 4.69) is 10.6 Å². The first-order chi connectivity index (χ1) is 11.3. The molecule has 2 N–H and O–H groups in total. The van der Waals surface area contributed by atoms with Crippen LogP contribution >= 0.6 is 12.4 Å². The zero-order valence-corrected chi connectivity index (χ0v) is 14.4. The van der Waals surface area contributed by atoms with Gasteiger partial charge in [-0.2, -0.15) is 0 Å². The second kappa shape index (κ2) is 9.30. The summed E-state index contributed by atoms with van der Waals surface area (Å²) in [4.78, 5) is 12.6. The summed E-state index contributed by atoms with van der Waals surface area (Å²) in [6, 6.07) is 17.5. The van der Waals surface area contributed by atoms with E-state index >= 15 is 0 Å². The molecule has 0 saturated carbocycles. The van der Waals surface area contributed by atoms with Crippen LogP contribution in [0.4, 0.5) is 0 Å². The van der Waals surface area contributed by atoms with Gasteiger partial charge in [0.05, 0.1) is 0 Å². The topological polar surface area (TPSA) is 50.4 Å². The van der Waals surface area contributed by atoms with Gasteiger partial charge in [-0.1, -0.05) is 36.4 Å². The lowest BCUT2D eigenvalue weighted by molar-refractivity contribution is 0.0928. The van der Waals surface area contributed by atoms with Crippen LogP contribution in [0, 0.1) is 0 Å². The Hall–Kier alpha value is -2.04. The largest absolute Gasteiger partial charge is 0.489 e. The molecule has 2 aromatic rings. The molecule has 5 heteroatoms. The fourth-order valence-electron chi connectivity index (χ4n) is 2.78. The number of para-hydroxylation sites is 1. The molecule has 0 bridgehead atoms. The van der Waals surface area contributed by atoms with E-state index in [9.17, 15) is 4.79 Å². The fourth-order valence-corrected chi connectivity index (χ4v) is 2.78. The molecule has 0 radical (unpaired) electrons. The summed E-state index contributed by atoms with van der Waals surface area (Å²) in [5.74, 6) is 0.783. The van der Waals surface area contributed by atoms with E-state index in [1.165, 1.54) is 0 Å². The number of benzene rings is 2. The number of halogens is 1. The van der Waals surface area contributed by atoms with Gasteiger partial charge in [-0.15, -0.1) is 12.4 Å². The minimum Gasteiger partial charge on any atom is -0.489 e. The van der Waals surface area contributed by atoms with Crippen molar-refractivity contribution >= 4 is 18.3 Å². The van der Waals surface area contributed by atoms with Crippen LogP contribution < -0.4 is 15.4 Å². The van der Waals surface area contributed by atoms with Gasteiger partial charge in [0.2, 0.25) is 0 Å². The smallest absolute Gasteiger partial charge is 0.251 e. The van der Waals surface area contributed by atoms with Gasteiger partial charge in [-0.25, -0.2) is 0 Å². The minimum absolute atomic E-state index is 0. The number of piperidine rings is 1. The van der Waals surface area contributed by atoms with Crippen molar-refractivity contribution in [2.45, 2.75) is 25.5 Å². The molecule has 1 aliphatic heterocycles. The molecule has 2 aromatic carbocycles. The molecule has 3 rings (SSSR count). The maximum Gasteiger partial charge on any atom is 0.251 e. The van der Waals surface area contributed by atoms with E-state index in [0.29, 0.717) is 12.2 Å². The van der Waals surface area contributed by atoms with Crippen LogP contribution in [0.5, 0.6) is 5.75 Å². The highest BCUT2D eigenvalue weighted by molar-refractivity contribution is 5.95. The maximum atomic E-state index is 12.6. The predicted molar refractivity (Wildman–Crippen MR) is 97.8 cm³/mol. The second-order valence-electron chi connectivity index (χ2n) is 5.78. The third-order valence-corrected chi connectivity index (χ3v) is 4.03. The van der Waals surface area contributed by atoms with Crippen LogP contribution in [0.1, 0.15) is 28.8 Å². The Morgan fingerprint density at radius 3 is 2.62 bits per heavy atom. The molecular weight excluding hydrogens is 324 g/mol. The van der Waals surface area contributed by atoms with Crippen LogP contribution in [-0.2, 0) is 6.61 Å². The lowest BCUT2D eigenvalue weighted by atomic mass is 10.0. The molecule has 1 aliphatic rings. The Balaban J connectivity index is 0.00000208. The Bertz CT molecular complexity index is 643. The first kappa shape index (κ1) is 18.3. The van der Waals surface area contributed by atoms with Crippen LogP contribution in [0.25, 0.3) is 0 Å². The monoisotopic (exact) mass is 346 g/mol. The predicted octanol–water partition coefficient (Wildman–Crippen LogP) is 3.17. The van der Waals surface area contributed by atoms with E-state index in [0.717, 1.165) is 37.2 Å². The highest BCUT2D eigenvalue weighted by Crippen LogP contribution is 2.15. The molecule has 1 amide bonds. The first-order valence-corrected chi connectivity index (χ1v) is 8.10. The SMILES string of the molecule is Cl.O=C(NC1CCCNC1)c1ccccc1COc1ccccc1. The van der Waals surface area contributed by atoms with Gasteiger partial charge in [-0.05, 0) is 37.6 Å². The summed E-state index contributed by atoms with van der Waals surface area (Å²) in [6.07, 6.45) is 2.13. The van der Waals surface area contributed by atoms with E-state index < -0.39 is 0 Å². The van der Waals surface area contributed by atoms with Crippen LogP contribution in [-0.4, -0.2) is 25.0 Å². The summed E-state index contributed by atoms with van der Waals surface area (Å²) >= 11 is 0. The highest BCUT2D eigenvalue weighted by Gasteiger charge is 2.18. The molecule has 24 heavy (non-hydrogen) atoms. The Labute approximate surface area is 149 Å². The molecule has 0 spiro atoms. The third kappa shape index (κ3) is 4.98. The van der Waals surface area contributed by atoms with Crippen LogP contribution in [0.15, 0.2) is 54.6 Å². The van der Waals surface area contributed by atoms with Gasteiger partial charge < -0.3 is 15.4 Å². The first-order valence-electron chi connectivity index (χ1n) is 8.10. The second-order valence-corrected chi connectivity index (χ2v) is 5.78. The summed E-state index contributed by atoms with van der Waals surface area (Å²) in [7, 11) is 0. The number of rotatable bonds is 5. The van der Waals surface area contributed by atoms with Gasteiger partial charge in [0.1, 0.15) is 12.4 Å². The molecule has 4 nitrogen and oxygen atoms in total. The minimum atomic E-state index is -0.0223. The molecule has 1 heterocycles. The number of hydrogen-bond acceptors (Lipinski definition) is 3. The van der Waals surface area contributed by atoms with Gasteiger partial charge in [0.25, 0.3) is 5.91 Å². The average molecular weight is 347 g/mol. The molecular formula is C19H23ClN2O2. The summed E-state index contributed by atoms with van der Waals surface area (Å²) in [5, 5.41) is 6.43. The number of amides is 1. The molecule has 1 atom stereocenters.